The van der Waals surface area contributed by atoms with E-state index in [4.69, 9.17) is 0 Å². The zero-order valence-electron chi connectivity index (χ0n) is 10.5. The lowest BCUT2D eigenvalue weighted by molar-refractivity contribution is 0.102. The second-order valence-corrected chi connectivity index (χ2v) is 4.92. The number of rotatable bonds is 2. The molecule has 0 aromatic carbocycles. The summed E-state index contributed by atoms with van der Waals surface area (Å²) in [7, 11) is 1.80. The highest BCUT2D eigenvalue weighted by atomic mass is 79.9. The van der Waals surface area contributed by atoms with Crippen LogP contribution in [0.1, 0.15) is 10.5 Å². The van der Waals surface area contributed by atoms with E-state index in [1.54, 1.807) is 30.1 Å². The zero-order chi connectivity index (χ0) is 14.1. The van der Waals surface area contributed by atoms with Gasteiger partial charge in [0, 0.05) is 24.8 Å². The number of carbonyl (C=O) groups excluding carboxylic acids is 1. The van der Waals surface area contributed by atoms with Crippen molar-refractivity contribution in [3.63, 3.8) is 0 Å². The van der Waals surface area contributed by atoms with E-state index < -0.39 is 0 Å². The SMILES string of the molecule is Cn1cc(C(=O)Nc2ccc3cccnc3n2)nc1Br. The second-order valence-electron chi connectivity index (χ2n) is 4.21. The summed E-state index contributed by atoms with van der Waals surface area (Å²) in [6.45, 7) is 0. The van der Waals surface area contributed by atoms with Crippen LogP contribution in [0.3, 0.4) is 0 Å². The van der Waals surface area contributed by atoms with E-state index in [1.165, 1.54) is 0 Å². The first-order valence-electron chi connectivity index (χ1n) is 5.85. The van der Waals surface area contributed by atoms with Crippen molar-refractivity contribution in [3.8, 4) is 0 Å². The Labute approximate surface area is 123 Å². The predicted molar refractivity (Wildman–Crippen MR) is 78.4 cm³/mol. The molecule has 0 bridgehead atoms. The van der Waals surface area contributed by atoms with Crippen LogP contribution in [0.4, 0.5) is 5.82 Å². The standard InChI is InChI=1S/C13H10BrN5O/c1-19-7-9(16-13(19)14)12(20)18-10-5-4-8-3-2-6-15-11(8)17-10/h2-7H,1H3,(H,15,17,18,20). The number of amides is 1. The third-order valence-corrected chi connectivity index (χ3v) is 3.49. The lowest BCUT2D eigenvalue weighted by Gasteiger charge is -2.03. The number of aromatic nitrogens is 4. The molecule has 0 saturated heterocycles. The molecule has 0 aliphatic heterocycles. The van der Waals surface area contributed by atoms with Crippen LogP contribution in [0.5, 0.6) is 0 Å². The minimum absolute atomic E-state index is 0.311. The third-order valence-electron chi connectivity index (χ3n) is 2.76. The maximum absolute atomic E-state index is 12.0. The highest BCUT2D eigenvalue weighted by molar-refractivity contribution is 9.10. The van der Waals surface area contributed by atoms with Crippen LogP contribution in [0, 0.1) is 0 Å². The number of anilines is 1. The van der Waals surface area contributed by atoms with Gasteiger partial charge in [-0.15, -0.1) is 0 Å². The van der Waals surface area contributed by atoms with Gasteiger partial charge < -0.3 is 9.88 Å². The number of nitrogens with one attached hydrogen (secondary N) is 1. The number of hydrogen-bond donors (Lipinski definition) is 1. The molecule has 3 aromatic rings. The van der Waals surface area contributed by atoms with Crippen molar-refractivity contribution >= 4 is 38.7 Å². The molecule has 100 valence electrons. The number of fused-ring (bicyclic) bond motifs is 1. The molecule has 7 heteroatoms. The molecule has 3 rings (SSSR count). The number of aryl methyl sites for hydroxylation is 1. The summed E-state index contributed by atoms with van der Waals surface area (Å²) in [6.07, 6.45) is 3.30. The Morgan fingerprint density at radius 2 is 2.15 bits per heavy atom. The second kappa shape index (κ2) is 5.01. The van der Waals surface area contributed by atoms with Crippen LogP contribution in [-0.4, -0.2) is 25.4 Å². The lowest BCUT2D eigenvalue weighted by atomic mass is 10.3. The van der Waals surface area contributed by atoms with Crippen LogP contribution in [0.25, 0.3) is 11.0 Å². The van der Waals surface area contributed by atoms with Crippen molar-refractivity contribution in [3.05, 3.63) is 47.1 Å². The van der Waals surface area contributed by atoms with Gasteiger partial charge in [0.25, 0.3) is 5.91 Å². The number of halogens is 1. The Kier molecular flexibility index (Phi) is 3.19. The van der Waals surface area contributed by atoms with E-state index in [9.17, 15) is 4.79 Å². The first-order valence-corrected chi connectivity index (χ1v) is 6.65. The summed E-state index contributed by atoms with van der Waals surface area (Å²) in [5.74, 6) is 0.136. The summed E-state index contributed by atoms with van der Waals surface area (Å²) >= 11 is 3.25. The first-order chi connectivity index (χ1) is 9.63. The fourth-order valence-electron chi connectivity index (χ4n) is 1.76. The lowest BCUT2D eigenvalue weighted by Crippen LogP contribution is -2.13. The van der Waals surface area contributed by atoms with E-state index in [1.807, 2.05) is 18.2 Å². The fraction of sp³-hybridized carbons (Fsp3) is 0.0769. The van der Waals surface area contributed by atoms with Crippen LogP contribution in [0.15, 0.2) is 41.4 Å². The van der Waals surface area contributed by atoms with Gasteiger partial charge in [-0.05, 0) is 40.2 Å². The van der Waals surface area contributed by atoms with Gasteiger partial charge in [-0.2, -0.15) is 0 Å². The van der Waals surface area contributed by atoms with Crippen molar-refractivity contribution in [1.82, 2.24) is 19.5 Å². The van der Waals surface area contributed by atoms with Crippen LogP contribution < -0.4 is 5.32 Å². The van der Waals surface area contributed by atoms with Crippen molar-refractivity contribution in [1.29, 1.82) is 0 Å². The molecule has 0 atom stereocenters. The molecule has 3 heterocycles. The van der Waals surface area contributed by atoms with E-state index in [0.29, 0.717) is 21.9 Å². The summed E-state index contributed by atoms with van der Waals surface area (Å²) in [6, 6.07) is 7.35. The topological polar surface area (TPSA) is 72.7 Å². The monoisotopic (exact) mass is 331 g/mol. The van der Waals surface area contributed by atoms with E-state index in [-0.39, 0.29) is 5.91 Å². The Hall–Kier alpha value is -2.28. The van der Waals surface area contributed by atoms with E-state index >= 15 is 0 Å². The highest BCUT2D eigenvalue weighted by Gasteiger charge is 2.12. The average Bonchev–Trinajstić information content (AvgIpc) is 2.79. The highest BCUT2D eigenvalue weighted by Crippen LogP contribution is 2.14. The minimum atomic E-state index is -0.311. The molecule has 0 spiro atoms. The van der Waals surface area contributed by atoms with Crippen LogP contribution >= 0.6 is 15.9 Å². The molecule has 0 aliphatic rings. The Bertz CT molecular complexity index is 779. The van der Waals surface area contributed by atoms with Crippen molar-refractivity contribution < 1.29 is 4.79 Å². The normalized spacial score (nSPS) is 10.7. The van der Waals surface area contributed by atoms with Gasteiger partial charge >= 0.3 is 0 Å². The maximum Gasteiger partial charge on any atom is 0.277 e. The van der Waals surface area contributed by atoms with E-state index in [2.05, 4.69) is 36.2 Å². The smallest absolute Gasteiger partial charge is 0.277 e. The molecule has 20 heavy (non-hydrogen) atoms. The fourth-order valence-corrected chi connectivity index (χ4v) is 2.05. The molecule has 6 nitrogen and oxygen atoms in total. The zero-order valence-corrected chi connectivity index (χ0v) is 12.1. The third kappa shape index (κ3) is 2.39. The molecular weight excluding hydrogens is 322 g/mol. The largest absolute Gasteiger partial charge is 0.328 e. The number of imidazole rings is 1. The van der Waals surface area contributed by atoms with Crippen molar-refractivity contribution in [2.24, 2.45) is 7.05 Å². The molecule has 0 fully saturated rings. The average molecular weight is 332 g/mol. The van der Waals surface area contributed by atoms with Gasteiger partial charge in [0.1, 0.15) is 11.5 Å². The Morgan fingerprint density at radius 1 is 1.30 bits per heavy atom. The van der Waals surface area contributed by atoms with Gasteiger partial charge in [-0.1, -0.05) is 0 Å². The number of hydrogen-bond acceptors (Lipinski definition) is 4. The summed E-state index contributed by atoms with van der Waals surface area (Å²) in [5.41, 5.74) is 0.912. The molecule has 0 saturated carbocycles. The summed E-state index contributed by atoms with van der Waals surface area (Å²) in [5, 5.41) is 3.63. The van der Waals surface area contributed by atoms with Gasteiger partial charge in [0.15, 0.2) is 10.4 Å². The Morgan fingerprint density at radius 3 is 2.90 bits per heavy atom. The van der Waals surface area contributed by atoms with E-state index in [0.717, 1.165) is 5.39 Å². The molecule has 1 N–H and O–H groups in total. The van der Waals surface area contributed by atoms with Gasteiger partial charge in [-0.3, -0.25) is 4.79 Å². The van der Waals surface area contributed by atoms with Crippen molar-refractivity contribution in [2.75, 3.05) is 5.32 Å². The number of pyridine rings is 2. The predicted octanol–water partition coefficient (Wildman–Crippen LogP) is 2.38. The van der Waals surface area contributed by atoms with Crippen LogP contribution in [0.2, 0.25) is 0 Å². The van der Waals surface area contributed by atoms with Gasteiger partial charge in [0.2, 0.25) is 0 Å². The van der Waals surface area contributed by atoms with Crippen molar-refractivity contribution in [2.45, 2.75) is 0 Å². The molecule has 1 amide bonds. The molecular formula is C13H10BrN5O. The Balaban J connectivity index is 1.87. The summed E-state index contributed by atoms with van der Waals surface area (Å²) < 4.78 is 2.31. The number of nitrogens with zero attached hydrogens (tertiary/aromatic N) is 4. The minimum Gasteiger partial charge on any atom is -0.328 e. The first kappa shape index (κ1) is 12.7. The maximum atomic E-state index is 12.0. The van der Waals surface area contributed by atoms with Gasteiger partial charge in [-0.25, -0.2) is 15.0 Å². The van der Waals surface area contributed by atoms with Crippen LogP contribution in [-0.2, 0) is 7.05 Å². The number of carbonyl (C=O) groups is 1. The summed E-state index contributed by atoms with van der Waals surface area (Å²) in [4.78, 5) is 24.6. The molecule has 3 aromatic heterocycles. The quantitative estimate of drug-likeness (QED) is 0.782. The molecule has 0 aliphatic carbocycles. The molecule has 0 radical (unpaired) electrons. The van der Waals surface area contributed by atoms with Gasteiger partial charge in [0.05, 0.1) is 0 Å². The molecule has 0 unspecified atom stereocenters.